The number of aryl methyl sites for hydroxylation is 1. The first kappa shape index (κ1) is 21.2. The molecule has 0 saturated carbocycles. The SMILES string of the molecule is CCOC(=O)c1cn2ncc(C#N)c(Nc3ccc4c(cnn4Cc4ccccc4)c3)c2c1C. The summed E-state index contributed by atoms with van der Waals surface area (Å²) >= 11 is 0. The van der Waals surface area contributed by atoms with Gasteiger partial charge in [0.15, 0.2) is 0 Å². The van der Waals surface area contributed by atoms with Crippen LogP contribution in [0.4, 0.5) is 11.4 Å². The number of hydrogen-bond acceptors (Lipinski definition) is 6. The lowest BCUT2D eigenvalue weighted by Crippen LogP contribution is -2.04. The number of aromatic nitrogens is 4. The number of benzene rings is 2. The lowest BCUT2D eigenvalue weighted by molar-refractivity contribution is 0.0525. The van der Waals surface area contributed by atoms with Crippen molar-refractivity contribution in [2.45, 2.75) is 20.4 Å². The Kier molecular flexibility index (Phi) is 5.44. The highest BCUT2D eigenvalue weighted by atomic mass is 16.5. The van der Waals surface area contributed by atoms with Crippen LogP contribution in [0.15, 0.2) is 67.1 Å². The summed E-state index contributed by atoms with van der Waals surface area (Å²) in [6, 6.07) is 18.3. The molecule has 8 heteroatoms. The summed E-state index contributed by atoms with van der Waals surface area (Å²) < 4.78 is 8.73. The van der Waals surface area contributed by atoms with E-state index in [1.54, 1.807) is 17.6 Å². The monoisotopic (exact) mass is 450 g/mol. The molecule has 0 atom stereocenters. The van der Waals surface area contributed by atoms with Gasteiger partial charge in [-0.1, -0.05) is 30.3 Å². The third kappa shape index (κ3) is 3.73. The van der Waals surface area contributed by atoms with Gasteiger partial charge >= 0.3 is 5.97 Å². The first-order valence-corrected chi connectivity index (χ1v) is 10.9. The third-order valence-electron chi connectivity index (χ3n) is 5.76. The quantitative estimate of drug-likeness (QED) is 0.372. The number of esters is 1. The van der Waals surface area contributed by atoms with Crippen LogP contribution >= 0.6 is 0 Å². The molecular formula is C26H22N6O2. The molecule has 0 unspecified atom stereocenters. The van der Waals surface area contributed by atoms with Crippen LogP contribution in [0.5, 0.6) is 0 Å². The molecule has 0 bridgehead atoms. The molecular weight excluding hydrogens is 428 g/mol. The van der Waals surface area contributed by atoms with Crippen molar-refractivity contribution in [2.75, 3.05) is 11.9 Å². The van der Waals surface area contributed by atoms with Crippen LogP contribution in [-0.4, -0.2) is 32.0 Å². The van der Waals surface area contributed by atoms with Gasteiger partial charge in [0.2, 0.25) is 0 Å². The molecule has 0 radical (unpaired) electrons. The molecule has 1 N–H and O–H groups in total. The minimum Gasteiger partial charge on any atom is -0.462 e. The highest BCUT2D eigenvalue weighted by Gasteiger charge is 2.20. The standard InChI is InChI=1S/C26H22N6O2/c1-3-34-26(33)22-16-32-25(17(22)2)24(20(12-27)14-29-32)30-21-9-10-23-19(11-21)13-28-31(23)15-18-7-5-4-6-8-18/h4-11,13-14,16,30H,3,15H2,1-2H3. The number of nitriles is 1. The molecule has 0 saturated heterocycles. The highest BCUT2D eigenvalue weighted by Crippen LogP contribution is 2.31. The van der Waals surface area contributed by atoms with Gasteiger partial charge in [-0.05, 0) is 43.2 Å². The Morgan fingerprint density at radius 3 is 2.74 bits per heavy atom. The van der Waals surface area contributed by atoms with Crippen molar-refractivity contribution in [2.24, 2.45) is 0 Å². The summed E-state index contributed by atoms with van der Waals surface area (Å²) in [7, 11) is 0. The zero-order chi connectivity index (χ0) is 23.7. The van der Waals surface area contributed by atoms with E-state index in [1.165, 1.54) is 11.8 Å². The fourth-order valence-electron chi connectivity index (χ4n) is 4.11. The van der Waals surface area contributed by atoms with E-state index < -0.39 is 5.97 Å². The van der Waals surface area contributed by atoms with E-state index >= 15 is 0 Å². The van der Waals surface area contributed by atoms with Gasteiger partial charge in [0.25, 0.3) is 0 Å². The molecule has 5 aromatic rings. The minimum absolute atomic E-state index is 0.282. The average molecular weight is 451 g/mol. The van der Waals surface area contributed by atoms with Gasteiger partial charge in [-0.3, -0.25) is 4.68 Å². The Balaban J connectivity index is 1.53. The van der Waals surface area contributed by atoms with Gasteiger partial charge in [-0.25, -0.2) is 9.31 Å². The van der Waals surface area contributed by atoms with Crippen LogP contribution in [0.3, 0.4) is 0 Å². The van der Waals surface area contributed by atoms with E-state index in [4.69, 9.17) is 4.74 Å². The third-order valence-corrected chi connectivity index (χ3v) is 5.76. The first-order chi connectivity index (χ1) is 16.6. The molecule has 5 rings (SSSR count). The number of ether oxygens (including phenoxy) is 1. The van der Waals surface area contributed by atoms with E-state index in [9.17, 15) is 10.1 Å². The smallest absolute Gasteiger partial charge is 0.340 e. The molecule has 2 aromatic carbocycles. The molecule has 34 heavy (non-hydrogen) atoms. The summed E-state index contributed by atoms with van der Waals surface area (Å²) in [6.07, 6.45) is 4.95. The molecule has 0 aliphatic heterocycles. The normalized spacial score (nSPS) is 11.0. The van der Waals surface area contributed by atoms with E-state index in [0.717, 1.165) is 16.6 Å². The number of nitrogens with one attached hydrogen (secondary N) is 1. The Morgan fingerprint density at radius 2 is 1.97 bits per heavy atom. The number of hydrogen-bond donors (Lipinski definition) is 1. The predicted octanol–water partition coefficient (Wildman–Crippen LogP) is 4.83. The van der Waals surface area contributed by atoms with Crippen molar-refractivity contribution < 1.29 is 9.53 Å². The second kappa shape index (κ2) is 8.71. The van der Waals surface area contributed by atoms with Gasteiger partial charge in [-0.2, -0.15) is 15.5 Å². The topological polar surface area (TPSA) is 97.2 Å². The summed E-state index contributed by atoms with van der Waals surface area (Å²) in [6.45, 7) is 4.55. The minimum atomic E-state index is -0.415. The van der Waals surface area contributed by atoms with E-state index in [1.807, 2.05) is 54.2 Å². The lowest BCUT2D eigenvalue weighted by Gasteiger charge is -2.11. The fraction of sp³-hybridized carbons (Fsp3) is 0.154. The summed E-state index contributed by atoms with van der Waals surface area (Å²) in [5.41, 5.74) is 5.72. The van der Waals surface area contributed by atoms with Crippen molar-refractivity contribution >= 4 is 33.8 Å². The number of fused-ring (bicyclic) bond motifs is 2. The summed E-state index contributed by atoms with van der Waals surface area (Å²) in [5.74, 6) is -0.415. The Bertz CT molecular complexity index is 1560. The number of anilines is 2. The van der Waals surface area contributed by atoms with Gasteiger partial charge in [0.1, 0.15) is 6.07 Å². The van der Waals surface area contributed by atoms with E-state index in [0.29, 0.717) is 34.4 Å². The van der Waals surface area contributed by atoms with Gasteiger partial charge < -0.3 is 10.1 Å². The molecule has 0 amide bonds. The molecule has 3 heterocycles. The molecule has 8 nitrogen and oxygen atoms in total. The number of carbonyl (C=O) groups is 1. The number of nitrogens with zero attached hydrogens (tertiary/aromatic N) is 5. The van der Waals surface area contributed by atoms with E-state index in [2.05, 4.69) is 33.7 Å². The van der Waals surface area contributed by atoms with Crippen molar-refractivity contribution in [1.29, 1.82) is 5.26 Å². The maximum Gasteiger partial charge on any atom is 0.340 e. The predicted molar refractivity (Wildman–Crippen MR) is 129 cm³/mol. The molecule has 0 spiro atoms. The van der Waals surface area contributed by atoms with Crippen molar-refractivity contribution in [3.63, 3.8) is 0 Å². The van der Waals surface area contributed by atoms with Crippen molar-refractivity contribution in [3.8, 4) is 6.07 Å². The zero-order valence-electron chi connectivity index (χ0n) is 18.8. The lowest BCUT2D eigenvalue weighted by atomic mass is 10.1. The van der Waals surface area contributed by atoms with Crippen LogP contribution in [0.2, 0.25) is 0 Å². The molecule has 0 aliphatic carbocycles. The number of rotatable bonds is 6. The average Bonchev–Trinajstić information content (AvgIpc) is 3.40. The zero-order valence-corrected chi connectivity index (χ0v) is 18.8. The molecule has 0 fully saturated rings. The van der Waals surface area contributed by atoms with Crippen LogP contribution in [0, 0.1) is 18.3 Å². The van der Waals surface area contributed by atoms with Gasteiger partial charge in [0, 0.05) is 17.3 Å². The van der Waals surface area contributed by atoms with Crippen LogP contribution in [0.1, 0.15) is 34.0 Å². The fourth-order valence-corrected chi connectivity index (χ4v) is 4.11. The maximum atomic E-state index is 12.4. The largest absolute Gasteiger partial charge is 0.462 e. The van der Waals surface area contributed by atoms with Crippen LogP contribution in [-0.2, 0) is 11.3 Å². The first-order valence-electron chi connectivity index (χ1n) is 10.9. The Morgan fingerprint density at radius 1 is 1.15 bits per heavy atom. The Labute approximate surface area is 196 Å². The van der Waals surface area contributed by atoms with Crippen molar-refractivity contribution in [3.05, 3.63) is 89.4 Å². The van der Waals surface area contributed by atoms with E-state index in [-0.39, 0.29) is 6.61 Å². The molecule has 3 aromatic heterocycles. The highest BCUT2D eigenvalue weighted by molar-refractivity contribution is 5.97. The van der Waals surface area contributed by atoms with Crippen LogP contribution < -0.4 is 5.32 Å². The van der Waals surface area contributed by atoms with Gasteiger partial charge in [-0.15, -0.1) is 0 Å². The second-order valence-corrected chi connectivity index (χ2v) is 7.91. The number of carbonyl (C=O) groups excluding carboxylic acids is 1. The molecule has 0 aliphatic rings. The second-order valence-electron chi connectivity index (χ2n) is 7.91. The Hall–Kier alpha value is -4.64. The summed E-state index contributed by atoms with van der Waals surface area (Å²) in [5, 5.41) is 22.9. The van der Waals surface area contributed by atoms with Crippen molar-refractivity contribution in [1.82, 2.24) is 19.4 Å². The summed E-state index contributed by atoms with van der Waals surface area (Å²) in [4.78, 5) is 12.4. The van der Waals surface area contributed by atoms with Crippen LogP contribution in [0.25, 0.3) is 16.4 Å². The van der Waals surface area contributed by atoms with Gasteiger partial charge in [0.05, 0.1) is 53.4 Å². The maximum absolute atomic E-state index is 12.4. The molecule has 168 valence electrons.